The van der Waals surface area contributed by atoms with E-state index in [2.05, 4.69) is 17.3 Å². The minimum atomic E-state index is -5.08. The van der Waals surface area contributed by atoms with Crippen LogP contribution in [0.3, 0.4) is 0 Å². The van der Waals surface area contributed by atoms with Crippen LogP contribution < -0.4 is 5.32 Å². The van der Waals surface area contributed by atoms with Gasteiger partial charge in [-0.15, -0.1) is 0 Å². The molecule has 0 unspecified atom stereocenters. The number of nitrogens with one attached hydrogen (secondary N) is 1. The molecule has 0 aromatic carbocycles. The van der Waals surface area contributed by atoms with Crippen LogP contribution in [0.1, 0.15) is 36.0 Å². The van der Waals surface area contributed by atoms with Crippen LogP contribution in [0.15, 0.2) is 16.8 Å². The van der Waals surface area contributed by atoms with Crippen molar-refractivity contribution >= 4 is 23.2 Å². The molecule has 2 fully saturated rings. The van der Waals surface area contributed by atoms with E-state index in [1.54, 1.807) is 11.3 Å². The Balaban J connectivity index is 0.000000321. The van der Waals surface area contributed by atoms with Crippen molar-refractivity contribution in [1.29, 1.82) is 0 Å². The number of aliphatic carboxylic acids is 1. The maximum Gasteiger partial charge on any atom is 0.490 e. The lowest BCUT2D eigenvalue weighted by Crippen LogP contribution is -2.46. The van der Waals surface area contributed by atoms with Crippen molar-refractivity contribution in [3.63, 3.8) is 0 Å². The molecule has 1 aromatic rings. The summed E-state index contributed by atoms with van der Waals surface area (Å²) in [6.07, 6.45) is -0.384. The third-order valence-corrected chi connectivity index (χ3v) is 5.28. The predicted octanol–water partition coefficient (Wildman–Crippen LogP) is 2.75. The summed E-state index contributed by atoms with van der Waals surface area (Å²) in [7, 11) is 2.15. The van der Waals surface area contributed by atoms with Crippen molar-refractivity contribution in [1.82, 2.24) is 10.2 Å². The molecule has 152 valence electrons. The van der Waals surface area contributed by atoms with Gasteiger partial charge in [0.25, 0.3) is 5.91 Å². The van der Waals surface area contributed by atoms with E-state index < -0.39 is 12.1 Å². The summed E-state index contributed by atoms with van der Waals surface area (Å²) in [5.41, 5.74) is 0.797. The van der Waals surface area contributed by atoms with E-state index in [1.807, 2.05) is 16.8 Å². The first kappa shape index (κ1) is 21.6. The van der Waals surface area contributed by atoms with E-state index in [0.717, 1.165) is 37.9 Å². The number of alkyl halides is 3. The Bertz CT molecular complexity index is 635. The van der Waals surface area contributed by atoms with E-state index in [-0.39, 0.29) is 17.6 Å². The maximum atomic E-state index is 11.9. The van der Waals surface area contributed by atoms with Gasteiger partial charge in [0.1, 0.15) is 0 Å². The molecule has 0 aliphatic carbocycles. The first-order valence-corrected chi connectivity index (χ1v) is 9.52. The number of likely N-dealkylation sites (tertiary alicyclic amines) is 1. The molecule has 27 heavy (non-hydrogen) atoms. The molecular formula is C17H23F3N2O4S. The van der Waals surface area contributed by atoms with Gasteiger partial charge in [-0.25, -0.2) is 4.79 Å². The highest BCUT2D eigenvalue weighted by molar-refractivity contribution is 7.08. The fourth-order valence-corrected chi connectivity index (χ4v) is 3.95. The number of hydrogen-bond donors (Lipinski definition) is 2. The Morgan fingerprint density at radius 1 is 1.44 bits per heavy atom. The number of nitrogens with zero attached hydrogens (tertiary/aromatic N) is 1. The van der Waals surface area contributed by atoms with Crippen molar-refractivity contribution in [3.8, 4) is 0 Å². The number of rotatable bonds is 3. The lowest BCUT2D eigenvalue weighted by atomic mass is 9.90. The predicted molar refractivity (Wildman–Crippen MR) is 93.9 cm³/mol. The highest BCUT2D eigenvalue weighted by atomic mass is 32.1. The minimum absolute atomic E-state index is 0.0120. The van der Waals surface area contributed by atoms with Gasteiger partial charge in [0.05, 0.1) is 11.7 Å². The van der Waals surface area contributed by atoms with Gasteiger partial charge in [-0.05, 0) is 44.2 Å². The molecule has 1 aromatic heterocycles. The smallest absolute Gasteiger partial charge is 0.475 e. The van der Waals surface area contributed by atoms with Crippen molar-refractivity contribution in [2.24, 2.45) is 0 Å². The lowest BCUT2D eigenvalue weighted by molar-refractivity contribution is -0.192. The SMILES string of the molecule is CN1CC[C@]2(CCC[C@@H](CNC(=O)c3ccsc3)O2)C1.O=C(O)C(F)(F)F. The number of halogens is 3. The normalized spacial score (nSPS) is 25.7. The largest absolute Gasteiger partial charge is 0.490 e. The second kappa shape index (κ2) is 9.03. The van der Waals surface area contributed by atoms with Crippen molar-refractivity contribution in [2.75, 3.05) is 26.7 Å². The second-order valence-electron chi connectivity index (χ2n) is 6.83. The average Bonchev–Trinajstić information content (AvgIpc) is 3.23. The van der Waals surface area contributed by atoms with Crippen LogP contribution >= 0.6 is 11.3 Å². The molecule has 2 atom stereocenters. The molecule has 2 saturated heterocycles. The van der Waals surface area contributed by atoms with Gasteiger partial charge in [0.2, 0.25) is 0 Å². The Morgan fingerprint density at radius 3 is 2.67 bits per heavy atom. The van der Waals surface area contributed by atoms with Crippen LogP contribution in [-0.4, -0.2) is 66.4 Å². The first-order chi connectivity index (χ1) is 12.6. The van der Waals surface area contributed by atoms with E-state index >= 15 is 0 Å². The Hall–Kier alpha value is -1.65. The van der Waals surface area contributed by atoms with Crippen molar-refractivity contribution in [3.05, 3.63) is 22.4 Å². The number of carbonyl (C=O) groups excluding carboxylic acids is 1. The van der Waals surface area contributed by atoms with E-state index in [9.17, 15) is 18.0 Å². The molecule has 3 rings (SSSR count). The molecule has 3 heterocycles. The molecule has 10 heteroatoms. The number of carboxylic acid groups (broad SMARTS) is 1. The second-order valence-corrected chi connectivity index (χ2v) is 7.61. The van der Waals surface area contributed by atoms with Crippen LogP contribution in [0.25, 0.3) is 0 Å². The third-order valence-electron chi connectivity index (χ3n) is 4.60. The summed E-state index contributed by atoms with van der Waals surface area (Å²) in [4.78, 5) is 23.2. The summed E-state index contributed by atoms with van der Waals surface area (Å²) in [6, 6.07) is 1.86. The first-order valence-electron chi connectivity index (χ1n) is 8.58. The number of carbonyl (C=O) groups is 2. The fourth-order valence-electron chi connectivity index (χ4n) is 3.31. The summed E-state index contributed by atoms with van der Waals surface area (Å²) in [6.45, 7) is 2.77. The fraction of sp³-hybridized carbons (Fsp3) is 0.647. The number of ether oxygens (including phenoxy) is 1. The Labute approximate surface area is 159 Å². The van der Waals surface area contributed by atoms with E-state index in [1.165, 1.54) is 6.42 Å². The van der Waals surface area contributed by atoms with E-state index in [4.69, 9.17) is 14.6 Å². The molecule has 0 bridgehead atoms. The third kappa shape index (κ3) is 6.47. The highest BCUT2D eigenvalue weighted by Gasteiger charge is 2.41. The number of likely N-dealkylation sites (N-methyl/N-ethyl adjacent to an activating group) is 1. The lowest BCUT2D eigenvalue weighted by Gasteiger charge is -2.38. The molecule has 2 N–H and O–H groups in total. The van der Waals surface area contributed by atoms with Gasteiger partial charge in [-0.3, -0.25) is 4.79 Å². The summed E-state index contributed by atoms with van der Waals surface area (Å²) >= 11 is 1.55. The molecule has 1 amide bonds. The Morgan fingerprint density at radius 2 is 2.15 bits per heavy atom. The van der Waals surface area contributed by atoms with E-state index in [0.29, 0.717) is 6.54 Å². The van der Waals surface area contributed by atoms with Gasteiger partial charge in [0, 0.05) is 30.6 Å². The summed E-state index contributed by atoms with van der Waals surface area (Å²) in [5.74, 6) is -2.74. The molecule has 0 saturated carbocycles. The van der Waals surface area contributed by atoms with Gasteiger partial charge < -0.3 is 20.1 Å². The molecule has 2 aliphatic heterocycles. The molecule has 1 spiro atoms. The van der Waals surface area contributed by atoms with Crippen LogP contribution in [0, 0.1) is 0 Å². The number of thiophene rings is 1. The summed E-state index contributed by atoms with van der Waals surface area (Å²) < 4.78 is 38.1. The zero-order chi connectivity index (χ0) is 20.1. The molecular weight excluding hydrogens is 385 g/mol. The standard InChI is InChI=1S/C15H22N2O2S.C2HF3O2/c1-17-7-6-15(11-17)5-2-3-13(19-15)9-16-14(18)12-4-8-20-10-12;3-2(4,5)1(6)7/h4,8,10,13H,2-3,5-7,9,11H2,1H3,(H,16,18);(H,6,7)/t13-,15+;/m0./s1. The topological polar surface area (TPSA) is 78.9 Å². The van der Waals surface area contributed by atoms with Gasteiger partial charge in [-0.2, -0.15) is 24.5 Å². The molecule has 6 nitrogen and oxygen atoms in total. The van der Waals surface area contributed by atoms with Crippen LogP contribution in [-0.2, 0) is 9.53 Å². The summed E-state index contributed by atoms with van der Waals surface area (Å²) in [5, 5.41) is 13.9. The maximum absolute atomic E-state index is 11.9. The van der Waals surface area contributed by atoms with Gasteiger partial charge in [0.15, 0.2) is 0 Å². The molecule has 0 radical (unpaired) electrons. The number of hydrogen-bond acceptors (Lipinski definition) is 5. The number of amides is 1. The highest BCUT2D eigenvalue weighted by Crippen LogP contribution is 2.35. The zero-order valence-electron chi connectivity index (χ0n) is 14.9. The number of carboxylic acids is 1. The zero-order valence-corrected chi connectivity index (χ0v) is 15.7. The van der Waals surface area contributed by atoms with Crippen molar-refractivity contribution < 1.29 is 32.6 Å². The van der Waals surface area contributed by atoms with Crippen LogP contribution in [0.5, 0.6) is 0 Å². The van der Waals surface area contributed by atoms with Crippen molar-refractivity contribution in [2.45, 2.75) is 43.6 Å². The van der Waals surface area contributed by atoms with Gasteiger partial charge >= 0.3 is 12.1 Å². The minimum Gasteiger partial charge on any atom is -0.475 e. The molecule has 2 aliphatic rings. The van der Waals surface area contributed by atoms with Crippen LogP contribution in [0.4, 0.5) is 13.2 Å². The monoisotopic (exact) mass is 408 g/mol. The quantitative estimate of drug-likeness (QED) is 0.804. The van der Waals surface area contributed by atoms with Gasteiger partial charge in [-0.1, -0.05) is 0 Å². The Kier molecular flexibility index (Phi) is 7.24. The average molecular weight is 408 g/mol. The van der Waals surface area contributed by atoms with Crippen LogP contribution in [0.2, 0.25) is 0 Å².